The number of anilines is 1. The van der Waals surface area contributed by atoms with Gasteiger partial charge in [0.2, 0.25) is 0 Å². The van der Waals surface area contributed by atoms with Gasteiger partial charge < -0.3 is 10.1 Å². The number of amides is 1. The van der Waals surface area contributed by atoms with Crippen molar-refractivity contribution >= 4 is 11.6 Å². The minimum absolute atomic E-state index is 0.0547. The van der Waals surface area contributed by atoms with Crippen LogP contribution in [0.4, 0.5) is 14.5 Å². The van der Waals surface area contributed by atoms with E-state index in [-0.39, 0.29) is 5.56 Å². The third kappa shape index (κ3) is 4.28. The average molecular weight is 305 g/mol. The maximum Gasteiger partial charge on any atom is 0.255 e. The van der Waals surface area contributed by atoms with Crippen LogP contribution in [0.5, 0.6) is 5.75 Å². The van der Waals surface area contributed by atoms with Crippen LogP contribution in [0, 0.1) is 17.6 Å². The second-order valence-corrected chi connectivity index (χ2v) is 5.31. The summed E-state index contributed by atoms with van der Waals surface area (Å²) >= 11 is 0. The molecule has 0 atom stereocenters. The largest absolute Gasteiger partial charge is 0.493 e. The van der Waals surface area contributed by atoms with Crippen LogP contribution in [0.25, 0.3) is 0 Å². The van der Waals surface area contributed by atoms with E-state index < -0.39 is 17.5 Å². The number of nitrogens with one attached hydrogen (secondary N) is 1. The van der Waals surface area contributed by atoms with Crippen molar-refractivity contribution in [2.75, 3.05) is 11.9 Å². The van der Waals surface area contributed by atoms with Crippen LogP contribution in [-0.4, -0.2) is 12.5 Å². The van der Waals surface area contributed by atoms with Crippen molar-refractivity contribution in [2.24, 2.45) is 5.92 Å². The number of carbonyl (C=O) groups is 1. The van der Waals surface area contributed by atoms with Crippen molar-refractivity contribution in [3.05, 3.63) is 59.7 Å². The molecule has 0 heterocycles. The number of carbonyl (C=O) groups excluding carboxylic acids is 1. The lowest BCUT2D eigenvalue weighted by molar-refractivity contribution is 0.102. The van der Waals surface area contributed by atoms with Gasteiger partial charge in [-0.3, -0.25) is 4.79 Å². The van der Waals surface area contributed by atoms with E-state index >= 15 is 0 Å². The lowest BCUT2D eigenvalue weighted by Crippen LogP contribution is -2.12. The van der Waals surface area contributed by atoms with Gasteiger partial charge in [-0.05, 0) is 48.4 Å². The molecular formula is C17H17F2NO2. The molecule has 5 heteroatoms. The minimum Gasteiger partial charge on any atom is -0.493 e. The molecule has 2 aromatic rings. The van der Waals surface area contributed by atoms with Gasteiger partial charge in [-0.1, -0.05) is 13.8 Å². The first-order valence-electron chi connectivity index (χ1n) is 6.95. The van der Waals surface area contributed by atoms with E-state index in [9.17, 15) is 13.6 Å². The van der Waals surface area contributed by atoms with Crippen LogP contribution in [0.3, 0.4) is 0 Å². The van der Waals surface area contributed by atoms with Gasteiger partial charge in [0.25, 0.3) is 5.91 Å². The Morgan fingerprint density at radius 2 is 1.77 bits per heavy atom. The fourth-order valence-electron chi connectivity index (χ4n) is 1.74. The summed E-state index contributed by atoms with van der Waals surface area (Å²) < 4.78 is 31.5. The molecule has 22 heavy (non-hydrogen) atoms. The predicted molar refractivity (Wildman–Crippen MR) is 81.1 cm³/mol. The van der Waals surface area contributed by atoms with Gasteiger partial charge in [-0.25, -0.2) is 8.78 Å². The summed E-state index contributed by atoms with van der Waals surface area (Å²) in [5, 5.41) is 2.61. The molecule has 2 aromatic carbocycles. The van der Waals surface area contributed by atoms with Gasteiger partial charge in [0, 0.05) is 11.3 Å². The van der Waals surface area contributed by atoms with E-state index in [1.54, 1.807) is 24.3 Å². The molecule has 3 nitrogen and oxygen atoms in total. The molecule has 0 saturated heterocycles. The highest BCUT2D eigenvalue weighted by Gasteiger charge is 2.10. The fraction of sp³-hybridized carbons (Fsp3) is 0.235. The van der Waals surface area contributed by atoms with E-state index in [0.29, 0.717) is 24.0 Å². The fourth-order valence-corrected chi connectivity index (χ4v) is 1.74. The number of hydrogen-bond acceptors (Lipinski definition) is 2. The van der Waals surface area contributed by atoms with Crippen LogP contribution in [-0.2, 0) is 0 Å². The van der Waals surface area contributed by atoms with E-state index in [0.717, 1.165) is 12.1 Å². The van der Waals surface area contributed by atoms with Gasteiger partial charge >= 0.3 is 0 Å². The number of rotatable bonds is 5. The monoisotopic (exact) mass is 305 g/mol. The summed E-state index contributed by atoms with van der Waals surface area (Å²) in [5.41, 5.74) is 0.602. The van der Waals surface area contributed by atoms with E-state index in [1.807, 2.05) is 0 Å². The van der Waals surface area contributed by atoms with Crippen molar-refractivity contribution < 1.29 is 18.3 Å². The summed E-state index contributed by atoms with van der Waals surface area (Å²) in [6.45, 7) is 4.72. The van der Waals surface area contributed by atoms with Gasteiger partial charge in [0.1, 0.15) is 5.75 Å². The topological polar surface area (TPSA) is 38.3 Å². The Morgan fingerprint density at radius 1 is 1.09 bits per heavy atom. The van der Waals surface area contributed by atoms with Crippen LogP contribution in [0.1, 0.15) is 24.2 Å². The Labute approximate surface area is 127 Å². The summed E-state index contributed by atoms with van der Waals surface area (Å²) in [4.78, 5) is 11.9. The summed E-state index contributed by atoms with van der Waals surface area (Å²) in [6, 6.07) is 9.87. The maximum atomic E-state index is 13.1. The first-order chi connectivity index (χ1) is 10.5. The molecule has 0 aromatic heterocycles. The molecule has 0 radical (unpaired) electrons. The van der Waals surface area contributed by atoms with E-state index in [1.165, 1.54) is 6.07 Å². The van der Waals surface area contributed by atoms with E-state index in [2.05, 4.69) is 19.2 Å². The zero-order valence-electron chi connectivity index (χ0n) is 12.4. The standard InChI is InChI=1S/C17H17F2NO2/c1-11(2)10-22-14-6-4-13(5-7-14)20-17(21)12-3-8-15(18)16(19)9-12/h3-9,11H,10H2,1-2H3,(H,20,21). The molecule has 2 rings (SSSR count). The highest BCUT2D eigenvalue weighted by molar-refractivity contribution is 6.04. The van der Waals surface area contributed by atoms with Gasteiger partial charge in [-0.2, -0.15) is 0 Å². The second-order valence-electron chi connectivity index (χ2n) is 5.31. The van der Waals surface area contributed by atoms with Crippen LogP contribution in [0.15, 0.2) is 42.5 Å². The number of benzene rings is 2. The van der Waals surface area contributed by atoms with Crippen LogP contribution < -0.4 is 10.1 Å². The minimum atomic E-state index is -1.05. The van der Waals surface area contributed by atoms with Crippen molar-refractivity contribution in [2.45, 2.75) is 13.8 Å². The zero-order valence-corrected chi connectivity index (χ0v) is 12.4. The third-order valence-corrected chi connectivity index (χ3v) is 2.88. The zero-order chi connectivity index (χ0) is 16.1. The Bertz CT molecular complexity index is 654. The molecule has 0 fully saturated rings. The number of halogens is 2. The molecule has 1 amide bonds. The molecule has 1 N–H and O–H groups in total. The lowest BCUT2D eigenvalue weighted by Gasteiger charge is -2.10. The Morgan fingerprint density at radius 3 is 2.36 bits per heavy atom. The quantitative estimate of drug-likeness (QED) is 0.896. The van der Waals surface area contributed by atoms with Crippen molar-refractivity contribution in [1.29, 1.82) is 0 Å². The third-order valence-electron chi connectivity index (χ3n) is 2.88. The van der Waals surface area contributed by atoms with Crippen molar-refractivity contribution in [3.63, 3.8) is 0 Å². The molecule has 0 bridgehead atoms. The number of ether oxygens (including phenoxy) is 1. The molecule has 0 aliphatic carbocycles. The summed E-state index contributed by atoms with van der Waals surface area (Å²) in [6.07, 6.45) is 0. The maximum absolute atomic E-state index is 13.1. The average Bonchev–Trinajstić information content (AvgIpc) is 2.49. The SMILES string of the molecule is CC(C)COc1ccc(NC(=O)c2ccc(F)c(F)c2)cc1. The summed E-state index contributed by atoms with van der Waals surface area (Å²) in [7, 11) is 0. The molecule has 116 valence electrons. The molecule has 0 aliphatic rings. The second kappa shape index (κ2) is 7.02. The molecular weight excluding hydrogens is 288 g/mol. The smallest absolute Gasteiger partial charge is 0.255 e. The van der Waals surface area contributed by atoms with Gasteiger partial charge in [0.15, 0.2) is 11.6 Å². The predicted octanol–water partition coefficient (Wildman–Crippen LogP) is 4.25. The van der Waals surface area contributed by atoms with Crippen molar-refractivity contribution in [1.82, 2.24) is 0 Å². The summed E-state index contributed by atoms with van der Waals surface area (Å²) in [5.74, 6) is -1.41. The Kier molecular flexibility index (Phi) is 5.09. The van der Waals surface area contributed by atoms with Crippen molar-refractivity contribution in [3.8, 4) is 5.75 Å². The normalized spacial score (nSPS) is 10.6. The molecule has 0 aliphatic heterocycles. The van der Waals surface area contributed by atoms with Crippen LogP contribution in [0.2, 0.25) is 0 Å². The first kappa shape index (κ1) is 15.9. The lowest BCUT2D eigenvalue weighted by atomic mass is 10.2. The highest BCUT2D eigenvalue weighted by atomic mass is 19.2. The molecule has 0 spiro atoms. The first-order valence-corrected chi connectivity index (χ1v) is 6.95. The van der Waals surface area contributed by atoms with E-state index in [4.69, 9.17) is 4.74 Å². The Hall–Kier alpha value is -2.43. The van der Waals surface area contributed by atoms with Crippen LogP contribution >= 0.6 is 0 Å². The molecule has 0 saturated carbocycles. The van der Waals surface area contributed by atoms with Gasteiger partial charge in [0.05, 0.1) is 6.61 Å². The molecule has 0 unspecified atom stereocenters. The highest BCUT2D eigenvalue weighted by Crippen LogP contribution is 2.17. The number of hydrogen-bond donors (Lipinski definition) is 1. The van der Waals surface area contributed by atoms with Gasteiger partial charge in [-0.15, -0.1) is 0 Å². The Balaban J connectivity index is 2.00.